The van der Waals surface area contributed by atoms with E-state index >= 15 is 0 Å². The molecular formula is C20H21NO6S. The lowest BCUT2D eigenvalue weighted by atomic mass is 10.2. The number of nitrogens with zero attached hydrogens (tertiary/aromatic N) is 1. The fourth-order valence-corrected chi connectivity index (χ4v) is 3.14. The van der Waals surface area contributed by atoms with E-state index < -0.39 is 29.3 Å². The average molecular weight is 403 g/mol. The Bertz CT molecular complexity index is 862. The SMILES string of the molecule is C#CCOc1ccc(/C=C2/SC(=O)N(CC(=O)OC(C)(C)C)C2=O)cc1OC. The largest absolute Gasteiger partial charge is 0.493 e. The van der Waals surface area contributed by atoms with Gasteiger partial charge in [-0.2, -0.15) is 0 Å². The van der Waals surface area contributed by atoms with Gasteiger partial charge in [-0.15, -0.1) is 6.42 Å². The van der Waals surface area contributed by atoms with Gasteiger partial charge in [0.05, 0.1) is 12.0 Å². The maximum absolute atomic E-state index is 12.5. The van der Waals surface area contributed by atoms with Crippen LogP contribution in [0.15, 0.2) is 23.1 Å². The van der Waals surface area contributed by atoms with Gasteiger partial charge in [0.15, 0.2) is 11.5 Å². The lowest BCUT2D eigenvalue weighted by Gasteiger charge is -2.21. The number of carbonyl (C=O) groups is 3. The molecule has 2 amide bonds. The fourth-order valence-electron chi connectivity index (χ4n) is 2.30. The summed E-state index contributed by atoms with van der Waals surface area (Å²) in [5.41, 5.74) is -0.0678. The molecule has 0 unspecified atom stereocenters. The van der Waals surface area contributed by atoms with Crippen LogP contribution in [0.5, 0.6) is 11.5 Å². The quantitative estimate of drug-likeness (QED) is 0.410. The van der Waals surface area contributed by atoms with Crippen molar-refractivity contribution in [2.45, 2.75) is 26.4 Å². The molecule has 28 heavy (non-hydrogen) atoms. The van der Waals surface area contributed by atoms with E-state index in [-0.39, 0.29) is 11.5 Å². The number of ether oxygens (including phenoxy) is 3. The topological polar surface area (TPSA) is 82.1 Å². The molecule has 8 heteroatoms. The van der Waals surface area contributed by atoms with Gasteiger partial charge in [-0.25, -0.2) is 0 Å². The van der Waals surface area contributed by atoms with Crippen molar-refractivity contribution in [2.75, 3.05) is 20.3 Å². The van der Waals surface area contributed by atoms with Gasteiger partial charge in [0, 0.05) is 0 Å². The summed E-state index contributed by atoms with van der Waals surface area (Å²) in [4.78, 5) is 37.7. The number of benzene rings is 1. The van der Waals surface area contributed by atoms with Gasteiger partial charge in [-0.1, -0.05) is 12.0 Å². The fraction of sp³-hybridized carbons (Fsp3) is 0.350. The third kappa shape index (κ3) is 5.54. The van der Waals surface area contributed by atoms with Crippen molar-refractivity contribution in [3.05, 3.63) is 28.7 Å². The first-order valence-corrected chi connectivity index (χ1v) is 9.18. The molecule has 0 N–H and O–H groups in total. The molecule has 1 aliphatic rings. The lowest BCUT2D eigenvalue weighted by Crippen LogP contribution is -2.37. The summed E-state index contributed by atoms with van der Waals surface area (Å²) in [6.07, 6.45) is 6.73. The molecule has 1 aromatic rings. The van der Waals surface area contributed by atoms with Crippen molar-refractivity contribution in [3.8, 4) is 23.8 Å². The van der Waals surface area contributed by atoms with Crippen LogP contribution in [0.3, 0.4) is 0 Å². The molecule has 0 aliphatic carbocycles. The average Bonchev–Trinajstić information content (AvgIpc) is 2.86. The maximum atomic E-state index is 12.5. The van der Waals surface area contributed by atoms with Gasteiger partial charge < -0.3 is 14.2 Å². The number of carbonyl (C=O) groups excluding carboxylic acids is 3. The summed E-state index contributed by atoms with van der Waals surface area (Å²) in [5, 5.41) is -0.525. The second-order valence-corrected chi connectivity index (χ2v) is 7.75. The molecule has 1 aromatic carbocycles. The van der Waals surface area contributed by atoms with Crippen molar-refractivity contribution in [2.24, 2.45) is 0 Å². The predicted octanol–water partition coefficient (Wildman–Crippen LogP) is 3.09. The molecule has 0 saturated carbocycles. The van der Waals surface area contributed by atoms with Crippen LogP contribution < -0.4 is 9.47 Å². The molecule has 0 spiro atoms. The molecule has 1 saturated heterocycles. The summed E-state index contributed by atoms with van der Waals surface area (Å²) in [7, 11) is 1.48. The lowest BCUT2D eigenvalue weighted by molar-refractivity contribution is -0.156. The molecule has 2 rings (SSSR count). The van der Waals surface area contributed by atoms with Crippen LogP contribution in [0, 0.1) is 12.3 Å². The van der Waals surface area contributed by atoms with Crippen molar-refractivity contribution in [1.82, 2.24) is 4.90 Å². The monoisotopic (exact) mass is 403 g/mol. The Morgan fingerprint density at radius 2 is 2.00 bits per heavy atom. The van der Waals surface area contributed by atoms with Gasteiger partial charge >= 0.3 is 5.97 Å². The number of imide groups is 1. The highest BCUT2D eigenvalue weighted by atomic mass is 32.2. The van der Waals surface area contributed by atoms with Gasteiger partial charge in [0.2, 0.25) is 0 Å². The Morgan fingerprint density at radius 1 is 1.29 bits per heavy atom. The number of esters is 1. The molecule has 0 atom stereocenters. The van der Waals surface area contributed by atoms with E-state index in [4.69, 9.17) is 20.6 Å². The second-order valence-electron chi connectivity index (χ2n) is 6.76. The van der Waals surface area contributed by atoms with Crippen LogP contribution in [0.25, 0.3) is 6.08 Å². The van der Waals surface area contributed by atoms with Crippen LogP contribution in [-0.2, 0) is 14.3 Å². The predicted molar refractivity (Wildman–Crippen MR) is 106 cm³/mol. The van der Waals surface area contributed by atoms with E-state index in [0.29, 0.717) is 17.1 Å². The molecule has 0 aromatic heterocycles. The molecule has 1 aliphatic heterocycles. The molecule has 1 heterocycles. The van der Waals surface area contributed by atoms with E-state index in [1.807, 2.05) is 0 Å². The van der Waals surface area contributed by atoms with Crippen molar-refractivity contribution in [3.63, 3.8) is 0 Å². The highest BCUT2D eigenvalue weighted by Gasteiger charge is 2.37. The van der Waals surface area contributed by atoms with Crippen molar-refractivity contribution >= 4 is 35.0 Å². The summed E-state index contributed by atoms with van der Waals surface area (Å²) < 4.78 is 15.8. The summed E-state index contributed by atoms with van der Waals surface area (Å²) >= 11 is 0.760. The first kappa shape index (κ1) is 21.4. The zero-order valence-electron chi connectivity index (χ0n) is 16.1. The Hall–Kier alpha value is -2.92. The highest BCUT2D eigenvalue weighted by molar-refractivity contribution is 8.18. The zero-order valence-corrected chi connectivity index (χ0v) is 16.9. The number of amides is 2. The molecule has 148 valence electrons. The molecule has 0 radical (unpaired) electrons. The number of terminal acetylenes is 1. The van der Waals surface area contributed by atoms with Crippen LogP contribution >= 0.6 is 11.8 Å². The Kier molecular flexibility index (Phi) is 6.75. The van der Waals surface area contributed by atoms with E-state index in [1.54, 1.807) is 45.0 Å². The second kappa shape index (κ2) is 8.85. The number of hydrogen-bond acceptors (Lipinski definition) is 7. The van der Waals surface area contributed by atoms with Crippen LogP contribution in [0.2, 0.25) is 0 Å². The van der Waals surface area contributed by atoms with E-state index in [9.17, 15) is 14.4 Å². The van der Waals surface area contributed by atoms with E-state index in [1.165, 1.54) is 7.11 Å². The smallest absolute Gasteiger partial charge is 0.326 e. The minimum absolute atomic E-state index is 0.0965. The third-order valence-corrected chi connectivity index (χ3v) is 4.28. The summed E-state index contributed by atoms with van der Waals surface area (Å²) in [6, 6.07) is 5.02. The molecule has 0 bridgehead atoms. The van der Waals surface area contributed by atoms with Gasteiger partial charge in [-0.05, 0) is 56.3 Å². The van der Waals surface area contributed by atoms with Gasteiger partial charge in [0.1, 0.15) is 18.8 Å². The van der Waals surface area contributed by atoms with E-state index in [2.05, 4.69) is 5.92 Å². The summed E-state index contributed by atoms with van der Waals surface area (Å²) in [5.74, 6) is 2.08. The van der Waals surface area contributed by atoms with Gasteiger partial charge in [-0.3, -0.25) is 19.3 Å². The minimum Gasteiger partial charge on any atom is -0.493 e. The van der Waals surface area contributed by atoms with Crippen LogP contribution in [0.1, 0.15) is 26.3 Å². The first-order chi connectivity index (χ1) is 13.1. The normalized spacial score (nSPS) is 15.5. The molecule has 1 fully saturated rings. The number of hydrogen-bond donors (Lipinski definition) is 0. The molecule has 7 nitrogen and oxygen atoms in total. The van der Waals surface area contributed by atoms with Gasteiger partial charge in [0.25, 0.3) is 11.1 Å². The Morgan fingerprint density at radius 3 is 2.61 bits per heavy atom. The zero-order chi connectivity index (χ0) is 20.9. The summed E-state index contributed by atoms with van der Waals surface area (Å²) in [6.45, 7) is 4.80. The highest BCUT2D eigenvalue weighted by Crippen LogP contribution is 2.34. The maximum Gasteiger partial charge on any atom is 0.326 e. The number of thioether (sulfide) groups is 1. The van der Waals surface area contributed by atoms with Crippen molar-refractivity contribution < 1.29 is 28.6 Å². The molecular weight excluding hydrogens is 382 g/mol. The Balaban J connectivity index is 2.17. The third-order valence-electron chi connectivity index (χ3n) is 3.38. The number of methoxy groups -OCH3 is 1. The van der Waals surface area contributed by atoms with E-state index in [0.717, 1.165) is 16.7 Å². The Labute approximate surface area is 168 Å². The van der Waals surface area contributed by atoms with Crippen molar-refractivity contribution in [1.29, 1.82) is 0 Å². The van der Waals surface area contributed by atoms with Crippen LogP contribution in [-0.4, -0.2) is 47.9 Å². The minimum atomic E-state index is -0.700. The number of rotatable bonds is 6. The first-order valence-electron chi connectivity index (χ1n) is 8.36. The standard InChI is InChI=1S/C20H21NO6S/c1-6-9-26-14-8-7-13(10-15(14)25-5)11-16-18(23)21(19(24)28-16)12-17(22)27-20(2,3)4/h1,7-8,10-11H,9,12H2,2-5H3/b16-11+. The van der Waals surface area contributed by atoms with Crippen LogP contribution in [0.4, 0.5) is 4.79 Å².